The molecule has 0 aliphatic rings. The molecule has 2 rings (SSSR count). The van der Waals surface area contributed by atoms with Gasteiger partial charge < -0.3 is 10.4 Å². The quantitative estimate of drug-likeness (QED) is 0.900. The summed E-state index contributed by atoms with van der Waals surface area (Å²) in [5.74, 6) is -1.79. The third kappa shape index (κ3) is 2.53. The van der Waals surface area contributed by atoms with Crippen molar-refractivity contribution in [1.82, 2.24) is 15.1 Å². The molecule has 0 radical (unpaired) electrons. The molecular weight excluding hydrogens is 278 g/mol. The molecule has 2 N–H and O–H groups in total. The van der Waals surface area contributed by atoms with Crippen LogP contribution < -0.4 is 5.32 Å². The van der Waals surface area contributed by atoms with Gasteiger partial charge in [0, 0.05) is 18.5 Å². The number of aliphatic carboxylic acids is 1. The number of carboxylic acids is 1. The number of carbonyl (C=O) groups excluding carboxylic acids is 1. The van der Waals surface area contributed by atoms with E-state index < -0.39 is 17.9 Å². The maximum absolute atomic E-state index is 12.1. The monoisotopic (exact) mass is 295 g/mol. The van der Waals surface area contributed by atoms with Crippen molar-refractivity contribution in [1.29, 1.82) is 0 Å². The van der Waals surface area contributed by atoms with E-state index in [1.54, 1.807) is 24.6 Å². The van der Waals surface area contributed by atoms with Crippen LogP contribution in [-0.2, 0) is 11.8 Å². The van der Waals surface area contributed by atoms with E-state index in [1.165, 1.54) is 11.3 Å². The lowest BCUT2D eigenvalue weighted by Crippen LogP contribution is -2.39. The van der Waals surface area contributed by atoms with E-state index in [4.69, 9.17) is 5.11 Å². The number of aromatic nitrogens is 2. The first kappa shape index (κ1) is 14.5. The van der Waals surface area contributed by atoms with Gasteiger partial charge in [-0.25, -0.2) is 0 Å². The smallest absolute Gasteiger partial charge is 0.308 e. The third-order valence-electron chi connectivity index (χ3n) is 3.42. The predicted molar refractivity (Wildman–Crippen MR) is 77.1 cm³/mol. The Kier molecular flexibility index (Phi) is 3.80. The second kappa shape index (κ2) is 5.24. The summed E-state index contributed by atoms with van der Waals surface area (Å²) in [4.78, 5) is 24.5. The number of carboxylic acid groups (broad SMARTS) is 1. The highest BCUT2D eigenvalue weighted by Gasteiger charge is 2.23. The number of thiophene rings is 1. The number of nitrogens with one attached hydrogen (secondary N) is 1. The summed E-state index contributed by atoms with van der Waals surface area (Å²) in [6.07, 6.45) is 0. The van der Waals surface area contributed by atoms with Gasteiger partial charge in [-0.15, -0.1) is 11.3 Å². The molecule has 2 unspecified atom stereocenters. The van der Waals surface area contributed by atoms with Gasteiger partial charge >= 0.3 is 5.97 Å². The van der Waals surface area contributed by atoms with Gasteiger partial charge in [0.2, 0.25) is 0 Å². The van der Waals surface area contributed by atoms with Crippen LogP contribution in [0.3, 0.4) is 0 Å². The first-order valence-electron chi connectivity index (χ1n) is 6.28. The van der Waals surface area contributed by atoms with Gasteiger partial charge in [0.05, 0.1) is 16.5 Å². The fourth-order valence-corrected chi connectivity index (χ4v) is 2.96. The standard InChI is InChI=1S/C13H17N3O3S/c1-6(13(18)19)7(2)14-11(17)10-5-9-8(3)15-16(4)12(9)20-10/h5-7H,1-4H3,(H,14,17)(H,18,19). The van der Waals surface area contributed by atoms with Gasteiger partial charge in [0.1, 0.15) is 4.83 Å². The van der Waals surface area contributed by atoms with E-state index in [1.807, 2.05) is 14.0 Å². The van der Waals surface area contributed by atoms with Crippen LogP contribution in [-0.4, -0.2) is 32.8 Å². The van der Waals surface area contributed by atoms with Crippen LogP contribution in [0, 0.1) is 12.8 Å². The summed E-state index contributed by atoms with van der Waals surface area (Å²) < 4.78 is 1.75. The lowest BCUT2D eigenvalue weighted by atomic mass is 10.0. The van der Waals surface area contributed by atoms with Crippen LogP contribution >= 0.6 is 11.3 Å². The molecular formula is C13H17N3O3S. The lowest BCUT2D eigenvalue weighted by molar-refractivity contribution is -0.141. The molecule has 108 valence electrons. The number of hydrogen-bond donors (Lipinski definition) is 2. The Morgan fingerprint density at radius 3 is 2.65 bits per heavy atom. The number of aryl methyl sites for hydroxylation is 2. The Morgan fingerprint density at radius 2 is 2.10 bits per heavy atom. The van der Waals surface area contributed by atoms with Crippen molar-refractivity contribution in [3.05, 3.63) is 16.6 Å². The van der Waals surface area contributed by atoms with Crippen molar-refractivity contribution in [2.75, 3.05) is 0 Å². The fraction of sp³-hybridized carbons (Fsp3) is 0.462. The van der Waals surface area contributed by atoms with Crippen LogP contribution in [0.5, 0.6) is 0 Å². The van der Waals surface area contributed by atoms with E-state index in [2.05, 4.69) is 10.4 Å². The van der Waals surface area contributed by atoms with Crippen LogP contribution in [0.1, 0.15) is 29.2 Å². The van der Waals surface area contributed by atoms with Gasteiger partial charge in [-0.05, 0) is 26.8 Å². The van der Waals surface area contributed by atoms with Gasteiger partial charge in [-0.3, -0.25) is 14.3 Å². The summed E-state index contributed by atoms with van der Waals surface area (Å²) in [6, 6.07) is 1.37. The van der Waals surface area contributed by atoms with Gasteiger partial charge in [-0.1, -0.05) is 0 Å². The summed E-state index contributed by atoms with van der Waals surface area (Å²) in [5.41, 5.74) is 0.879. The Morgan fingerprint density at radius 1 is 1.45 bits per heavy atom. The zero-order chi connectivity index (χ0) is 15.0. The van der Waals surface area contributed by atoms with E-state index in [0.717, 1.165) is 15.9 Å². The van der Waals surface area contributed by atoms with Crippen molar-refractivity contribution >= 4 is 33.4 Å². The van der Waals surface area contributed by atoms with Crippen LogP contribution in [0.15, 0.2) is 6.07 Å². The molecule has 7 heteroatoms. The van der Waals surface area contributed by atoms with Crippen molar-refractivity contribution < 1.29 is 14.7 Å². The molecule has 0 fully saturated rings. The number of carbonyl (C=O) groups is 2. The average Bonchev–Trinajstić information content (AvgIpc) is 2.91. The van der Waals surface area contributed by atoms with Gasteiger partial charge in [0.15, 0.2) is 0 Å². The summed E-state index contributed by atoms with van der Waals surface area (Å²) in [7, 11) is 1.84. The first-order valence-corrected chi connectivity index (χ1v) is 7.09. The van der Waals surface area contributed by atoms with Crippen LogP contribution in [0.4, 0.5) is 0 Å². The maximum Gasteiger partial charge on any atom is 0.308 e. The van der Waals surface area contributed by atoms with Crippen LogP contribution in [0.2, 0.25) is 0 Å². The number of fused-ring (bicyclic) bond motifs is 1. The molecule has 0 aromatic carbocycles. The predicted octanol–water partition coefficient (Wildman–Crippen LogP) is 1.78. The molecule has 2 aromatic rings. The Labute approximate surface area is 120 Å². The summed E-state index contributed by atoms with van der Waals surface area (Å²) in [5, 5.41) is 16.9. The SMILES string of the molecule is Cc1nn(C)c2sc(C(=O)NC(C)C(C)C(=O)O)cc12. The molecule has 0 saturated heterocycles. The maximum atomic E-state index is 12.1. The second-order valence-electron chi connectivity index (χ2n) is 4.93. The summed E-state index contributed by atoms with van der Waals surface area (Å²) >= 11 is 1.36. The zero-order valence-electron chi connectivity index (χ0n) is 11.8. The number of hydrogen-bond acceptors (Lipinski definition) is 4. The van der Waals surface area contributed by atoms with Crippen LogP contribution in [0.25, 0.3) is 10.2 Å². The number of amides is 1. The van der Waals surface area contributed by atoms with Crippen molar-refractivity contribution in [3.63, 3.8) is 0 Å². The van der Waals surface area contributed by atoms with Gasteiger partial charge in [-0.2, -0.15) is 5.10 Å². The van der Waals surface area contributed by atoms with E-state index in [-0.39, 0.29) is 5.91 Å². The Hall–Kier alpha value is -1.89. The molecule has 0 aliphatic heterocycles. The molecule has 6 nitrogen and oxygen atoms in total. The zero-order valence-corrected chi connectivity index (χ0v) is 12.6. The van der Waals surface area contributed by atoms with Gasteiger partial charge in [0.25, 0.3) is 5.91 Å². The molecule has 0 aliphatic carbocycles. The number of nitrogens with zero attached hydrogens (tertiary/aromatic N) is 2. The van der Waals surface area contributed by atoms with E-state index >= 15 is 0 Å². The molecule has 2 heterocycles. The lowest BCUT2D eigenvalue weighted by Gasteiger charge is -2.17. The van der Waals surface area contributed by atoms with Crippen molar-refractivity contribution in [2.24, 2.45) is 13.0 Å². The normalized spacial score (nSPS) is 14.2. The highest BCUT2D eigenvalue weighted by atomic mass is 32.1. The third-order valence-corrected chi connectivity index (χ3v) is 4.62. The minimum absolute atomic E-state index is 0.244. The Bertz CT molecular complexity index is 639. The molecule has 2 aromatic heterocycles. The second-order valence-corrected chi connectivity index (χ2v) is 5.96. The minimum Gasteiger partial charge on any atom is -0.481 e. The largest absolute Gasteiger partial charge is 0.481 e. The molecule has 0 bridgehead atoms. The Balaban J connectivity index is 2.19. The summed E-state index contributed by atoms with van der Waals surface area (Å²) in [6.45, 7) is 5.16. The molecule has 1 amide bonds. The molecule has 0 spiro atoms. The van der Waals surface area contributed by atoms with E-state index in [9.17, 15) is 9.59 Å². The fourth-order valence-electron chi connectivity index (χ4n) is 1.93. The van der Waals surface area contributed by atoms with Crippen molar-refractivity contribution in [3.8, 4) is 0 Å². The molecule has 2 atom stereocenters. The first-order chi connectivity index (χ1) is 9.31. The number of rotatable bonds is 4. The average molecular weight is 295 g/mol. The highest BCUT2D eigenvalue weighted by molar-refractivity contribution is 7.20. The van der Waals surface area contributed by atoms with Crippen molar-refractivity contribution in [2.45, 2.75) is 26.8 Å². The molecule has 20 heavy (non-hydrogen) atoms. The molecule has 0 saturated carbocycles. The van der Waals surface area contributed by atoms with E-state index in [0.29, 0.717) is 4.88 Å². The minimum atomic E-state index is -0.922. The highest BCUT2D eigenvalue weighted by Crippen LogP contribution is 2.27. The topological polar surface area (TPSA) is 84.2 Å².